The maximum Gasteiger partial charge on any atom is 0.266 e. The van der Waals surface area contributed by atoms with Crippen LogP contribution < -0.4 is 19.7 Å². The molecule has 0 aliphatic carbocycles. The minimum Gasteiger partial charge on any atom is -0.443 e. The highest BCUT2D eigenvalue weighted by molar-refractivity contribution is 7.57. The first-order chi connectivity index (χ1) is 18.8. The molecular weight excluding hydrogens is 510 g/mol. The van der Waals surface area contributed by atoms with E-state index in [2.05, 4.69) is 60.7 Å². The lowest BCUT2D eigenvalue weighted by Gasteiger charge is -2.28. The third-order valence-corrected chi connectivity index (χ3v) is 9.73. The van der Waals surface area contributed by atoms with Gasteiger partial charge in [0.1, 0.15) is 11.5 Å². The molecule has 5 aromatic rings. The molecule has 6 heteroatoms. The molecule has 4 nitrogen and oxygen atoms in total. The smallest absolute Gasteiger partial charge is 0.266 e. The highest BCUT2D eigenvalue weighted by Crippen LogP contribution is 2.51. The monoisotopic (exact) mass is 534 g/mol. The van der Waals surface area contributed by atoms with Gasteiger partial charge in [0, 0.05) is 11.1 Å². The topological polar surface area (TPSA) is 36.9 Å². The van der Waals surface area contributed by atoms with Crippen LogP contribution in [0.1, 0.15) is 11.1 Å². The predicted octanol–water partition coefficient (Wildman–Crippen LogP) is 8.11. The molecule has 0 N–H and O–H groups in total. The van der Waals surface area contributed by atoms with Crippen molar-refractivity contribution in [1.29, 1.82) is 0 Å². The molecule has 38 heavy (non-hydrogen) atoms. The van der Waals surface area contributed by atoms with Crippen LogP contribution in [0.3, 0.4) is 0 Å². The van der Waals surface area contributed by atoms with Gasteiger partial charge in [-0.2, -0.15) is 0 Å². The van der Waals surface area contributed by atoms with E-state index in [0.717, 1.165) is 44.4 Å². The summed E-state index contributed by atoms with van der Waals surface area (Å²) in [5, 5.41) is 2.20. The molecule has 7 rings (SSSR count). The molecule has 0 aromatic heterocycles. The van der Waals surface area contributed by atoms with Crippen LogP contribution in [0, 0.1) is 0 Å². The lowest BCUT2D eigenvalue weighted by Crippen LogP contribution is -2.16. The molecule has 0 radical (unpaired) electrons. The van der Waals surface area contributed by atoms with Crippen molar-refractivity contribution in [2.45, 2.75) is 13.2 Å². The van der Waals surface area contributed by atoms with E-state index in [1.807, 2.05) is 60.7 Å². The Morgan fingerprint density at radius 3 is 1.26 bits per heavy atom. The molecule has 0 fully saturated rings. The lowest BCUT2D eigenvalue weighted by atomic mass is 10.0. The Hall–Kier alpha value is -3.52. The fraction of sp³-hybridized carbons (Fsp3) is 0.0625. The normalized spacial score (nSPS) is 16.7. The summed E-state index contributed by atoms with van der Waals surface area (Å²) < 4.78 is 25.6. The first-order valence-electron chi connectivity index (χ1n) is 12.5. The van der Waals surface area contributed by atoms with Gasteiger partial charge in [-0.1, -0.05) is 97.1 Å². The van der Waals surface area contributed by atoms with Gasteiger partial charge < -0.3 is 18.1 Å². The number of hydrogen-bond acceptors (Lipinski definition) is 4. The second kappa shape index (κ2) is 10.3. The summed E-state index contributed by atoms with van der Waals surface area (Å²) in [5.41, 5.74) is 6.72. The summed E-state index contributed by atoms with van der Waals surface area (Å²) in [4.78, 5) is 0. The van der Waals surface area contributed by atoms with Crippen LogP contribution in [-0.2, 0) is 22.3 Å². The molecule has 0 bridgehead atoms. The van der Waals surface area contributed by atoms with Crippen molar-refractivity contribution in [2.24, 2.45) is 0 Å². The van der Waals surface area contributed by atoms with Crippen molar-refractivity contribution in [3.8, 4) is 33.8 Å². The Labute approximate surface area is 224 Å². The number of rotatable bonds is 6. The SMILES string of the molecule is c1ccc(COP2Oc3ccccc3-c3ccccc32)c(COP2Oc3ccccc3-c3ccccc32)c1. The maximum absolute atomic E-state index is 6.45. The minimum absolute atomic E-state index is 0.430. The van der Waals surface area contributed by atoms with E-state index < -0.39 is 16.8 Å². The summed E-state index contributed by atoms with van der Waals surface area (Å²) in [6.45, 7) is 0.861. The fourth-order valence-electron chi connectivity index (χ4n) is 4.82. The first kappa shape index (κ1) is 23.6. The largest absolute Gasteiger partial charge is 0.443 e. The van der Waals surface area contributed by atoms with Crippen LogP contribution in [0.25, 0.3) is 22.3 Å². The average molecular weight is 534 g/mol. The van der Waals surface area contributed by atoms with Gasteiger partial charge >= 0.3 is 0 Å². The third-order valence-electron chi connectivity index (χ3n) is 6.71. The van der Waals surface area contributed by atoms with Gasteiger partial charge in [0.05, 0.1) is 23.8 Å². The van der Waals surface area contributed by atoms with E-state index in [1.54, 1.807) is 0 Å². The molecule has 0 saturated carbocycles. The van der Waals surface area contributed by atoms with E-state index in [0.29, 0.717) is 13.2 Å². The van der Waals surface area contributed by atoms with Gasteiger partial charge in [-0.3, -0.25) is 0 Å². The summed E-state index contributed by atoms with van der Waals surface area (Å²) >= 11 is 0. The van der Waals surface area contributed by atoms with Gasteiger partial charge in [0.25, 0.3) is 16.8 Å². The van der Waals surface area contributed by atoms with Gasteiger partial charge in [-0.25, -0.2) is 0 Å². The Morgan fingerprint density at radius 1 is 0.421 bits per heavy atom. The molecule has 5 aromatic carbocycles. The molecule has 0 spiro atoms. The molecule has 2 unspecified atom stereocenters. The highest BCUT2D eigenvalue weighted by Gasteiger charge is 2.29. The van der Waals surface area contributed by atoms with Crippen LogP contribution in [0.15, 0.2) is 121 Å². The van der Waals surface area contributed by atoms with Gasteiger partial charge in [0.15, 0.2) is 0 Å². The van der Waals surface area contributed by atoms with Crippen LogP contribution in [-0.4, -0.2) is 0 Å². The standard InChI is InChI=1S/C32H24O4P2/c1-2-12-24(22-34-38-32-20-10-6-16-28(32)26-14-4-8-18-30(26)36-38)23(11-1)21-33-37-31-19-9-5-15-27(31)25-13-3-7-17-29(25)35-37/h1-20H,21-22H2. The van der Waals surface area contributed by atoms with Crippen molar-refractivity contribution in [3.63, 3.8) is 0 Å². The molecule has 0 saturated heterocycles. The summed E-state index contributed by atoms with van der Waals surface area (Å²) in [7, 11) is -2.51. The zero-order valence-corrected chi connectivity index (χ0v) is 22.3. The van der Waals surface area contributed by atoms with E-state index in [1.165, 1.54) is 11.1 Å². The predicted molar refractivity (Wildman–Crippen MR) is 154 cm³/mol. The van der Waals surface area contributed by atoms with Crippen molar-refractivity contribution >= 4 is 27.4 Å². The summed E-state index contributed by atoms with van der Waals surface area (Å²) in [6.07, 6.45) is 0. The highest BCUT2D eigenvalue weighted by atomic mass is 31.2. The van der Waals surface area contributed by atoms with E-state index in [9.17, 15) is 0 Å². The Morgan fingerprint density at radius 2 is 0.789 bits per heavy atom. The molecular formula is C32H24O4P2. The fourth-order valence-corrected chi connectivity index (χ4v) is 7.79. The number of para-hydroxylation sites is 2. The van der Waals surface area contributed by atoms with Crippen molar-refractivity contribution < 1.29 is 18.1 Å². The summed E-state index contributed by atoms with van der Waals surface area (Å²) in [6, 6.07) is 41.2. The average Bonchev–Trinajstić information content (AvgIpc) is 2.99. The zero-order chi connectivity index (χ0) is 25.3. The Balaban J connectivity index is 1.09. The Bertz CT molecular complexity index is 1500. The lowest BCUT2D eigenvalue weighted by molar-refractivity contribution is 0.290. The molecule has 2 aliphatic rings. The second-order valence-electron chi connectivity index (χ2n) is 9.04. The Kier molecular flexibility index (Phi) is 6.41. The molecule has 186 valence electrons. The van der Waals surface area contributed by atoms with E-state index in [-0.39, 0.29) is 0 Å². The molecule has 0 amide bonds. The quantitative estimate of drug-likeness (QED) is 0.206. The first-order valence-corrected chi connectivity index (χ1v) is 14.9. The molecule has 2 aliphatic heterocycles. The van der Waals surface area contributed by atoms with Crippen LogP contribution in [0.4, 0.5) is 0 Å². The maximum atomic E-state index is 6.45. The minimum atomic E-state index is -1.26. The van der Waals surface area contributed by atoms with Crippen LogP contribution in [0.5, 0.6) is 11.5 Å². The summed E-state index contributed by atoms with van der Waals surface area (Å²) in [5.74, 6) is 1.73. The van der Waals surface area contributed by atoms with Crippen molar-refractivity contribution in [2.75, 3.05) is 0 Å². The molecule has 2 heterocycles. The van der Waals surface area contributed by atoms with Crippen LogP contribution >= 0.6 is 16.8 Å². The van der Waals surface area contributed by atoms with Crippen LogP contribution in [0.2, 0.25) is 0 Å². The third kappa shape index (κ3) is 4.41. The van der Waals surface area contributed by atoms with Crippen molar-refractivity contribution in [3.05, 3.63) is 132 Å². The zero-order valence-electron chi connectivity index (χ0n) is 20.5. The van der Waals surface area contributed by atoms with Gasteiger partial charge in [0.2, 0.25) is 0 Å². The van der Waals surface area contributed by atoms with E-state index >= 15 is 0 Å². The second-order valence-corrected chi connectivity index (χ2v) is 11.9. The van der Waals surface area contributed by atoms with Gasteiger partial charge in [-0.05, 0) is 46.5 Å². The number of fused-ring (bicyclic) bond motifs is 6. The number of benzene rings is 5. The van der Waals surface area contributed by atoms with E-state index in [4.69, 9.17) is 18.1 Å². The number of hydrogen-bond donors (Lipinski definition) is 0. The van der Waals surface area contributed by atoms with Crippen molar-refractivity contribution in [1.82, 2.24) is 0 Å². The molecule has 2 atom stereocenters. The van der Waals surface area contributed by atoms with Gasteiger partial charge in [-0.15, -0.1) is 0 Å².